The lowest BCUT2D eigenvalue weighted by atomic mass is 10.1. The van der Waals surface area contributed by atoms with Gasteiger partial charge in [0.15, 0.2) is 9.84 Å². The summed E-state index contributed by atoms with van der Waals surface area (Å²) in [4.78, 5) is 24.6. The SMILES string of the molecule is CCOC(=O)NCCCCCCN1C(=O)N[C@@H]2CS(=O)(=O)C[C@@H]21. The summed E-state index contributed by atoms with van der Waals surface area (Å²) in [5, 5.41) is 5.41. The molecule has 23 heavy (non-hydrogen) atoms. The van der Waals surface area contributed by atoms with Crippen molar-refractivity contribution in [3.63, 3.8) is 0 Å². The number of carbonyl (C=O) groups excluding carboxylic acids is 2. The van der Waals surface area contributed by atoms with E-state index in [2.05, 4.69) is 10.6 Å². The van der Waals surface area contributed by atoms with Crippen LogP contribution in [0.25, 0.3) is 0 Å². The molecule has 2 aliphatic rings. The van der Waals surface area contributed by atoms with E-state index in [-0.39, 0.29) is 29.6 Å². The van der Waals surface area contributed by atoms with E-state index in [0.29, 0.717) is 19.7 Å². The summed E-state index contributed by atoms with van der Waals surface area (Å²) in [5.41, 5.74) is 0. The van der Waals surface area contributed by atoms with Crippen LogP contribution in [-0.2, 0) is 14.6 Å². The maximum Gasteiger partial charge on any atom is 0.407 e. The van der Waals surface area contributed by atoms with Gasteiger partial charge in [0.2, 0.25) is 0 Å². The summed E-state index contributed by atoms with van der Waals surface area (Å²) < 4.78 is 28.0. The summed E-state index contributed by atoms with van der Waals surface area (Å²) in [6, 6.07) is -0.613. The number of ether oxygens (including phenoxy) is 1. The first-order valence-electron chi connectivity index (χ1n) is 8.11. The van der Waals surface area contributed by atoms with Gasteiger partial charge in [0.25, 0.3) is 0 Å². The van der Waals surface area contributed by atoms with Gasteiger partial charge in [0.05, 0.1) is 30.2 Å². The first kappa shape index (κ1) is 17.8. The number of carbonyl (C=O) groups is 2. The molecule has 2 fully saturated rings. The quantitative estimate of drug-likeness (QED) is 0.491. The van der Waals surface area contributed by atoms with Gasteiger partial charge in [-0.3, -0.25) is 0 Å². The zero-order valence-electron chi connectivity index (χ0n) is 13.4. The van der Waals surface area contributed by atoms with E-state index in [0.717, 1.165) is 25.7 Å². The van der Waals surface area contributed by atoms with Crippen molar-refractivity contribution in [3.05, 3.63) is 0 Å². The maximum atomic E-state index is 11.9. The second-order valence-electron chi connectivity index (χ2n) is 5.96. The largest absolute Gasteiger partial charge is 0.450 e. The molecule has 132 valence electrons. The van der Waals surface area contributed by atoms with Crippen molar-refractivity contribution in [2.75, 3.05) is 31.2 Å². The van der Waals surface area contributed by atoms with Crippen LogP contribution in [0.15, 0.2) is 0 Å². The van der Waals surface area contributed by atoms with Gasteiger partial charge in [-0.05, 0) is 19.8 Å². The van der Waals surface area contributed by atoms with Crippen molar-refractivity contribution in [2.45, 2.75) is 44.7 Å². The highest BCUT2D eigenvalue weighted by Crippen LogP contribution is 2.24. The molecule has 0 spiro atoms. The molecular formula is C14H25N3O5S. The molecule has 8 nitrogen and oxygen atoms in total. The van der Waals surface area contributed by atoms with Crippen molar-refractivity contribution >= 4 is 22.0 Å². The molecule has 2 rings (SSSR count). The first-order chi connectivity index (χ1) is 10.9. The van der Waals surface area contributed by atoms with Crippen LogP contribution in [0.5, 0.6) is 0 Å². The van der Waals surface area contributed by atoms with Crippen LogP contribution in [0.3, 0.4) is 0 Å². The minimum atomic E-state index is -3.03. The minimum Gasteiger partial charge on any atom is -0.450 e. The summed E-state index contributed by atoms with van der Waals surface area (Å²) in [6.07, 6.45) is 3.16. The summed E-state index contributed by atoms with van der Waals surface area (Å²) in [5.74, 6) is 0.124. The molecule has 9 heteroatoms. The fourth-order valence-electron chi connectivity index (χ4n) is 3.07. The number of fused-ring (bicyclic) bond motifs is 1. The average molecular weight is 347 g/mol. The Hall–Kier alpha value is -1.51. The molecule has 0 aliphatic carbocycles. The normalized spacial score (nSPS) is 25.1. The van der Waals surface area contributed by atoms with Crippen LogP contribution < -0.4 is 10.6 Å². The number of urea groups is 1. The number of hydrogen-bond acceptors (Lipinski definition) is 5. The first-order valence-corrected chi connectivity index (χ1v) is 9.93. The number of rotatable bonds is 8. The number of unbranched alkanes of at least 4 members (excludes halogenated alkanes) is 3. The highest BCUT2D eigenvalue weighted by molar-refractivity contribution is 7.91. The van der Waals surface area contributed by atoms with E-state index in [4.69, 9.17) is 4.74 Å². The molecule has 2 N–H and O–H groups in total. The number of amides is 3. The van der Waals surface area contributed by atoms with Crippen molar-refractivity contribution in [1.82, 2.24) is 15.5 Å². The Bertz CT molecular complexity index is 537. The van der Waals surface area contributed by atoms with Gasteiger partial charge >= 0.3 is 12.1 Å². The lowest BCUT2D eigenvalue weighted by molar-refractivity contribution is 0.152. The highest BCUT2D eigenvalue weighted by Gasteiger charge is 2.48. The lowest BCUT2D eigenvalue weighted by Crippen LogP contribution is -2.37. The molecule has 0 aromatic carbocycles. The summed E-state index contributed by atoms with van der Waals surface area (Å²) in [7, 11) is -3.03. The topological polar surface area (TPSA) is 105 Å². The van der Waals surface area contributed by atoms with Crippen LogP contribution in [0.1, 0.15) is 32.6 Å². The standard InChI is InChI=1S/C14H25N3O5S/c1-2-22-14(19)15-7-5-3-4-6-8-17-12-10-23(20,21)9-11(12)16-13(17)18/h11-12H,2-10H2,1H3,(H,15,19)(H,16,18)/t11-,12+/m1/s1. The van der Waals surface area contributed by atoms with Crippen molar-refractivity contribution in [1.29, 1.82) is 0 Å². The Morgan fingerprint density at radius 1 is 1.30 bits per heavy atom. The van der Waals surface area contributed by atoms with E-state index >= 15 is 0 Å². The number of nitrogens with zero attached hydrogens (tertiary/aromatic N) is 1. The molecule has 0 bridgehead atoms. The fourth-order valence-corrected chi connectivity index (χ4v) is 4.99. The minimum absolute atomic E-state index is 0.0550. The Kier molecular flexibility index (Phi) is 6.09. The smallest absolute Gasteiger partial charge is 0.407 e. The monoisotopic (exact) mass is 347 g/mol. The second kappa shape index (κ2) is 7.85. The van der Waals surface area contributed by atoms with Gasteiger partial charge in [0, 0.05) is 13.1 Å². The third kappa shape index (κ3) is 4.98. The van der Waals surface area contributed by atoms with E-state index in [1.54, 1.807) is 11.8 Å². The molecule has 0 radical (unpaired) electrons. The van der Waals surface area contributed by atoms with Crippen LogP contribution in [0.2, 0.25) is 0 Å². The maximum absolute atomic E-state index is 11.9. The number of sulfone groups is 1. The highest BCUT2D eigenvalue weighted by atomic mass is 32.2. The lowest BCUT2D eigenvalue weighted by Gasteiger charge is -2.21. The summed E-state index contributed by atoms with van der Waals surface area (Å²) >= 11 is 0. The Morgan fingerprint density at radius 3 is 2.78 bits per heavy atom. The van der Waals surface area contributed by atoms with Crippen molar-refractivity contribution < 1.29 is 22.7 Å². The Balaban J connectivity index is 1.59. The van der Waals surface area contributed by atoms with Gasteiger partial charge in [-0.2, -0.15) is 0 Å². The zero-order chi connectivity index (χ0) is 16.9. The molecule has 0 aromatic heterocycles. The van der Waals surface area contributed by atoms with Gasteiger partial charge in [-0.1, -0.05) is 12.8 Å². The van der Waals surface area contributed by atoms with Gasteiger partial charge in [-0.15, -0.1) is 0 Å². The zero-order valence-corrected chi connectivity index (χ0v) is 14.2. The van der Waals surface area contributed by atoms with Crippen LogP contribution in [0.4, 0.5) is 9.59 Å². The molecule has 2 saturated heterocycles. The Morgan fingerprint density at radius 2 is 2.04 bits per heavy atom. The van der Waals surface area contributed by atoms with Crippen LogP contribution in [-0.4, -0.2) is 68.7 Å². The molecule has 0 saturated carbocycles. The molecular weight excluding hydrogens is 322 g/mol. The number of nitrogens with one attached hydrogen (secondary N) is 2. The van der Waals surface area contributed by atoms with E-state index in [9.17, 15) is 18.0 Å². The van der Waals surface area contributed by atoms with Crippen molar-refractivity contribution in [3.8, 4) is 0 Å². The van der Waals surface area contributed by atoms with Crippen molar-refractivity contribution in [2.24, 2.45) is 0 Å². The third-order valence-corrected chi connectivity index (χ3v) is 5.88. The molecule has 2 aliphatic heterocycles. The van der Waals surface area contributed by atoms with Gasteiger partial charge in [-0.25, -0.2) is 18.0 Å². The predicted octanol–water partition coefficient (Wildman–Crippen LogP) is 0.484. The molecule has 2 atom stereocenters. The molecule has 0 unspecified atom stereocenters. The number of alkyl carbamates (subject to hydrolysis) is 1. The van der Waals surface area contributed by atoms with Crippen LogP contribution in [0, 0.1) is 0 Å². The van der Waals surface area contributed by atoms with Gasteiger partial charge < -0.3 is 20.3 Å². The van der Waals surface area contributed by atoms with E-state index < -0.39 is 15.9 Å². The number of hydrogen-bond donors (Lipinski definition) is 2. The predicted molar refractivity (Wildman–Crippen MR) is 85.0 cm³/mol. The van der Waals surface area contributed by atoms with Crippen LogP contribution >= 0.6 is 0 Å². The average Bonchev–Trinajstić information content (AvgIpc) is 2.89. The molecule has 2 heterocycles. The van der Waals surface area contributed by atoms with E-state index in [1.807, 2.05) is 0 Å². The summed E-state index contributed by atoms with van der Waals surface area (Å²) in [6.45, 7) is 3.27. The van der Waals surface area contributed by atoms with E-state index in [1.165, 1.54) is 0 Å². The molecule has 0 aromatic rings. The Labute approximate surface area is 136 Å². The molecule has 3 amide bonds. The fraction of sp³-hybridized carbons (Fsp3) is 0.857. The third-order valence-electron chi connectivity index (χ3n) is 4.16. The van der Waals surface area contributed by atoms with Gasteiger partial charge in [0.1, 0.15) is 0 Å². The second-order valence-corrected chi connectivity index (χ2v) is 8.11.